The Morgan fingerprint density at radius 1 is 0.292 bits per heavy atom. The second-order valence-corrected chi connectivity index (χ2v) is 13.3. The fourth-order valence-corrected chi connectivity index (χ4v) is 7.90. The Kier molecular flexibility index (Phi) is 7.07. The van der Waals surface area contributed by atoms with Gasteiger partial charge in [0.25, 0.3) is 0 Å². The number of rotatable bonds is 6. The molecule has 9 rings (SSSR count). The molecule has 1 nitrogen and oxygen atoms in total. The Morgan fingerprint density at radius 2 is 0.771 bits per heavy atom. The molecule has 8 aromatic carbocycles. The van der Waals surface area contributed by atoms with Crippen molar-refractivity contribution < 1.29 is 0 Å². The maximum Gasteiger partial charge on any atom is 0.0462 e. The fourth-order valence-electron chi connectivity index (χ4n) is 6.76. The highest BCUT2D eigenvalue weighted by molar-refractivity contribution is 7.25. The molecule has 9 aromatic rings. The van der Waals surface area contributed by atoms with Crippen LogP contribution in [0.1, 0.15) is 0 Å². The van der Waals surface area contributed by atoms with E-state index in [-0.39, 0.29) is 0 Å². The molecule has 0 atom stereocenters. The lowest BCUT2D eigenvalue weighted by molar-refractivity contribution is 1.28. The summed E-state index contributed by atoms with van der Waals surface area (Å²) in [7, 11) is 0. The average molecular weight is 630 g/mol. The lowest BCUT2D eigenvalue weighted by Crippen LogP contribution is -2.09. The minimum atomic E-state index is 1.12. The first-order valence-corrected chi connectivity index (χ1v) is 17.2. The first-order chi connectivity index (χ1) is 23.8. The minimum absolute atomic E-state index is 1.12. The molecule has 1 heterocycles. The number of para-hydroxylation sites is 1. The largest absolute Gasteiger partial charge is 0.311 e. The third kappa shape index (κ3) is 5.23. The highest BCUT2D eigenvalue weighted by Crippen LogP contribution is 2.39. The third-order valence-corrected chi connectivity index (χ3v) is 10.4. The van der Waals surface area contributed by atoms with E-state index in [1.807, 2.05) is 11.3 Å². The fraction of sp³-hybridized carbons (Fsp3) is 0. The van der Waals surface area contributed by atoms with E-state index in [0.29, 0.717) is 0 Å². The van der Waals surface area contributed by atoms with Gasteiger partial charge in [-0.15, -0.1) is 11.3 Å². The summed E-state index contributed by atoms with van der Waals surface area (Å²) in [6.45, 7) is 0. The van der Waals surface area contributed by atoms with E-state index in [4.69, 9.17) is 0 Å². The van der Waals surface area contributed by atoms with Gasteiger partial charge in [-0.1, -0.05) is 127 Å². The highest BCUT2D eigenvalue weighted by Gasteiger charge is 2.14. The molecule has 0 aliphatic carbocycles. The molecule has 2 heteroatoms. The molecule has 0 aliphatic rings. The zero-order valence-corrected chi connectivity index (χ0v) is 27.1. The highest BCUT2D eigenvalue weighted by atomic mass is 32.1. The van der Waals surface area contributed by atoms with Crippen molar-refractivity contribution >= 4 is 59.3 Å². The van der Waals surface area contributed by atoms with Crippen LogP contribution in [0.4, 0.5) is 17.1 Å². The van der Waals surface area contributed by atoms with E-state index in [1.165, 1.54) is 64.3 Å². The summed E-state index contributed by atoms with van der Waals surface area (Å²) in [6.07, 6.45) is 0. The van der Waals surface area contributed by atoms with Crippen LogP contribution in [0.15, 0.2) is 188 Å². The standard InChI is InChI=1S/C46H31NS/c1-3-9-32(10-4-1)33-15-17-34(18-16-33)35-21-25-41(26-22-35)47(40-11-5-2-6-12-40)42-27-23-36(24-28-42)37-19-20-38-31-46-44(30-39(38)29-37)43-13-7-8-14-45(43)48-46/h1-31H. The van der Waals surface area contributed by atoms with Crippen molar-refractivity contribution in [1.29, 1.82) is 0 Å². The van der Waals surface area contributed by atoms with Gasteiger partial charge < -0.3 is 4.90 Å². The van der Waals surface area contributed by atoms with Gasteiger partial charge in [0, 0.05) is 37.2 Å². The smallest absolute Gasteiger partial charge is 0.0462 e. The van der Waals surface area contributed by atoms with Gasteiger partial charge in [-0.25, -0.2) is 0 Å². The van der Waals surface area contributed by atoms with Gasteiger partial charge in [-0.05, 0) is 105 Å². The molecule has 0 amide bonds. The van der Waals surface area contributed by atoms with Crippen LogP contribution in [0.5, 0.6) is 0 Å². The Hall–Kier alpha value is -5.96. The van der Waals surface area contributed by atoms with E-state index >= 15 is 0 Å². The summed E-state index contributed by atoms with van der Waals surface area (Å²) < 4.78 is 2.68. The zero-order valence-electron chi connectivity index (χ0n) is 26.3. The van der Waals surface area contributed by atoms with Crippen molar-refractivity contribution in [2.24, 2.45) is 0 Å². The van der Waals surface area contributed by atoms with E-state index in [0.717, 1.165) is 17.1 Å². The number of thiophene rings is 1. The van der Waals surface area contributed by atoms with Gasteiger partial charge in [-0.3, -0.25) is 0 Å². The van der Waals surface area contributed by atoms with Crippen molar-refractivity contribution in [3.63, 3.8) is 0 Å². The van der Waals surface area contributed by atoms with Gasteiger partial charge in [-0.2, -0.15) is 0 Å². The van der Waals surface area contributed by atoms with E-state index in [2.05, 4.69) is 193 Å². The van der Waals surface area contributed by atoms with E-state index < -0.39 is 0 Å². The summed E-state index contributed by atoms with van der Waals surface area (Å²) in [6, 6.07) is 68.1. The molecule has 0 bridgehead atoms. The first kappa shape index (κ1) is 28.3. The predicted molar refractivity (Wildman–Crippen MR) is 208 cm³/mol. The average Bonchev–Trinajstić information content (AvgIpc) is 3.52. The molecular formula is C46H31NS. The predicted octanol–water partition coefficient (Wildman–Crippen LogP) is 13.7. The Bertz CT molecular complexity index is 2510. The quantitative estimate of drug-likeness (QED) is 0.177. The zero-order chi connectivity index (χ0) is 31.9. The lowest BCUT2D eigenvalue weighted by Gasteiger charge is -2.26. The van der Waals surface area contributed by atoms with E-state index in [9.17, 15) is 0 Å². The van der Waals surface area contributed by atoms with Crippen molar-refractivity contribution in [1.82, 2.24) is 0 Å². The molecule has 48 heavy (non-hydrogen) atoms. The maximum atomic E-state index is 2.36. The Labute approximate surface area is 284 Å². The molecule has 0 aliphatic heterocycles. The number of nitrogens with zero attached hydrogens (tertiary/aromatic N) is 1. The van der Waals surface area contributed by atoms with Crippen LogP contribution in [0.3, 0.4) is 0 Å². The summed E-state index contributed by atoms with van der Waals surface area (Å²) >= 11 is 1.87. The molecule has 0 fully saturated rings. The van der Waals surface area contributed by atoms with Crippen molar-refractivity contribution in [3.8, 4) is 33.4 Å². The van der Waals surface area contributed by atoms with Crippen molar-refractivity contribution in [2.45, 2.75) is 0 Å². The monoisotopic (exact) mass is 629 g/mol. The van der Waals surface area contributed by atoms with Crippen molar-refractivity contribution in [2.75, 3.05) is 4.90 Å². The van der Waals surface area contributed by atoms with Crippen LogP contribution in [0.2, 0.25) is 0 Å². The van der Waals surface area contributed by atoms with E-state index in [1.54, 1.807) is 0 Å². The van der Waals surface area contributed by atoms with Gasteiger partial charge in [0.05, 0.1) is 0 Å². The molecule has 0 saturated heterocycles. The molecular weight excluding hydrogens is 599 g/mol. The summed E-state index contributed by atoms with van der Waals surface area (Å²) in [4.78, 5) is 2.32. The van der Waals surface area contributed by atoms with Crippen LogP contribution in [0, 0.1) is 0 Å². The Balaban J connectivity index is 1.03. The molecule has 0 radical (unpaired) electrons. The summed E-state index contributed by atoms with van der Waals surface area (Å²) in [5.41, 5.74) is 10.7. The van der Waals surface area contributed by atoms with Gasteiger partial charge in [0.15, 0.2) is 0 Å². The number of hydrogen-bond donors (Lipinski definition) is 0. The number of hydrogen-bond acceptors (Lipinski definition) is 2. The topological polar surface area (TPSA) is 3.24 Å². The second-order valence-electron chi connectivity index (χ2n) is 12.2. The van der Waals surface area contributed by atoms with Crippen molar-refractivity contribution in [3.05, 3.63) is 188 Å². The van der Waals surface area contributed by atoms with Crippen LogP contribution in [0.25, 0.3) is 64.3 Å². The molecule has 0 saturated carbocycles. The molecule has 1 aromatic heterocycles. The SMILES string of the molecule is c1ccc(-c2ccc(-c3ccc(N(c4ccccc4)c4ccc(-c5ccc6cc7sc8ccccc8c7cc6c5)cc4)cc3)cc2)cc1. The Morgan fingerprint density at radius 3 is 1.42 bits per heavy atom. The lowest BCUT2D eigenvalue weighted by atomic mass is 9.99. The third-order valence-electron chi connectivity index (χ3n) is 9.26. The summed E-state index contributed by atoms with van der Waals surface area (Å²) in [5, 5.41) is 5.22. The normalized spacial score (nSPS) is 11.3. The number of anilines is 3. The van der Waals surface area contributed by atoms with Crippen LogP contribution < -0.4 is 4.90 Å². The second kappa shape index (κ2) is 12.0. The minimum Gasteiger partial charge on any atom is -0.311 e. The molecule has 226 valence electrons. The number of benzene rings is 8. The molecule has 0 unspecified atom stereocenters. The van der Waals surface area contributed by atoms with Crippen LogP contribution in [-0.4, -0.2) is 0 Å². The first-order valence-electron chi connectivity index (χ1n) is 16.3. The van der Waals surface area contributed by atoms with Crippen LogP contribution >= 0.6 is 11.3 Å². The van der Waals surface area contributed by atoms with Gasteiger partial charge in [0.1, 0.15) is 0 Å². The molecule has 0 N–H and O–H groups in total. The van der Waals surface area contributed by atoms with Crippen LogP contribution in [-0.2, 0) is 0 Å². The summed E-state index contributed by atoms with van der Waals surface area (Å²) in [5.74, 6) is 0. The van der Waals surface area contributed by atoms with Gasteiger partial charge >= 0.3 is 0 Å². The van der Waals surface area contributed by atoms with Gasteiger partial charge in [0.2, 0.25) is 0 Å². The number of fused-ring (bicyclic) bond motifs is 4. The maximum absolute atomic E-state index is 2.36. The molecule has 0 spiro atoms.